The van der Waals surface area contributed by atoms with Crippen LogP contribution in [0.15, 0.2) is 109 Å². The molecule has 0 aromatic heterocycles. The molecule has 0 bridgehead atoms. The first-order valence-electron chi connectivity index (χ1n) is 13.9. The van der Waals surface area contributed by atoms with E-state index in [0.29, 0.717) is 22.3 Å². The standard InChI is InChI=1S/C17H18O2.C13H10O2.C4H9Br.CH2O3.2K/c1-2-3-13-19-16-11-9-15(10-12-16)17(18)14-7-5-4-6-8-14;14-12-8-6-11(7-9-12)13(15)10-4-2-1-3-5-10;1-2-3-4-5;2-1(3)4;;/h4-12H,2-3,13H2,1H3;1-9,14H;2-4H2,1H3;(H2,2,3,4);;/q;;;;2*+1/p-1. The average Bonchev–Trinajstić information content (AvgIpc) is 3.03. The fourth-order valence-electron chi connectivity index (χ4n) is 3.30. The Bertz CT molecular complexity index is 1330. The van der Waals surface area contributed by atoms with Crippen LogP contribution in [-0.4, -0.2) is 39.9 Å². The van der Waals surface area contributed by atoms with E-state index in [-0.39, 0.29) is 120 Å². The molecule has 0 saturated heterocycles. The largest absolute Gasteiger partial charge is 1.00 e. The van der Waals surface area contributed by atoms with E-state index < -0.39 is 6.16 Å². The number of unbranched alkanes of at least 4 members (excludes halogenated alkanes) is 2. The van der Waals surface area contributed by atoms with Crippen LogP contribution in [-0.2, 0) is 0 Å². The number of halogens is 1. The molecule has 2 N–H and O–H groups in total. The van der Waals surface area contributed by atoms with E-state index in [2.05, 4.69) is 29.8 Å². The zero-order chi connectivity index (χ0) is 31.9. The topological polar surface area (TPSA) is 124 Å². The maximum atomic E-state index is 12.2. The minimum atomic E-state index is -2.08. The number of hydrogen-bond acceptors (Lipinski definition) is 6. The van der Waals surface area contributed by atoms with Crippen molar-refractivity contribution in [3.05, 3.63) is 131 Å². The van der Waals surface area contributed by atoms with Crippen LogP contribution in [0.25, 0.3) is 0 Å². The molecule has 0 fully saturated rings. The summed E-state index contributed by atoms with van der Waals surface area (Å²) in [5.74, 6) is 0.994. The summed E-state index contributed by atoms with van der Waals surface area (Å²) in [5, 5.41) is 25.6. The van der Waals surface area contributed by atoms with Gasteiger partial charge in [-0.15, -0.1) is 0 Å². The van der Waals surface area contributed by atoms with Crippen molar-refractivity contribution in [2.24, 2.45) is 0 Å². The third-order valence-electron chi connectivity index (χ3n) is 5.57. The summed E-state index contributed by atoms with van der Waals surface area (Å²) in [6.45, 7) is 5.04. The molecule has 45 heavy (non-hydrogen) atoms. The second-order valence-corrected chi connectivity index (χ2v) is 9.77. The second-order valence-electron chi connectivity index (χ2n) is 8.97. The first-order valence-corrected chi connectivity index (χ1v) is 15.0. The first kappa shape index (κ1) is 46.0. The van der Waals surface area contributed by atoms with Crippen LogP contribution in [0.3, 0.4) is 0 Å². The number of carbonyl (C=O) groups excluding carboxylic acids is 2. The Hall–Kier alpha value is -1.16. The van der Waals surface area contributed by atoms with Crippen molar-refractivity contribution in [2.45, 2.75) is 39.5 Å². The molecule has 0 amide bonds. The van der Waals surface area contributed by atoms with Crippen LogP contribution in [0, 0.1) is 0 Å². The van der Waals surface area contributed by atoms with Gasteiger partial charge in [-0.2, -0.15) is 0 Å². The zero-order valence-corrected chi connectivity index (χ0v) is 34.3. The molecule has 4 aromatic carbocycles. The number of ether oxygens (including phenoxy) is 1. The van der Waals surface area contributed by atoms with Crippen LogP contribution in [0.5, 0.6) is 11.5 Å². The number of aromatic hydroxyl groups is 1. The van der Waals surface area contributed by atoms with Gasteiger partial charge in [0.25, 0.3) is 0 Å². The molecular weight excluding hydrogens is 690 g/mol. The number of hydrogen-bond donors (Lipinski definition) is 2. The van der Waals surface area contributed by atoms with Crippen LogP contribution >= 0.6 is 15.9 Å². The SMILES string of the molecule is CCCCBr.CCCCOc1ccc(C(=O)c2ccccc2)cc1.O=C([O-])O.O=C(c1ccccc1)c1ccc(O)cc1.[K+].[K+]. The van der Waals surface area contributed by atoms with E-state index in [1.807, 2.05) is 72.8 Å². The summed E-state index contributed by atoms with van der Waals surface area (Å²) in [4.78, 5) is 32.5. The van der Waals surface area contributed by atoms with Gasteiger partial charge < -0.3 is 24.9 Å². The Morgan fingerprint density at radius 2 is 1.00 bits per heavy atom. The van der Waals surface area contributed by atoms with E-state index in [0.717, 1.165) is 30.5 Å². The van der Waals surface area contributed by atoms with Crippen molar-refractivity contribution >= 4 is 33.7 Å². The van der Waals surface area contributed by atoms with Crippen LogP contribution in [0.2, 0.25) is 0 Å². The monoisotopic (exact) mass is 727 g/mol. The van der Waals surface area contributed by atoms with E-state index >= 15 is 0 Å². The third-order valence-corrected chi connectivity index (χ3v) is 6.13. The van der Waals surface area contributed by atoms with Crippen molar-refractivity contribution in [3.63, 3.8) is 0 Å². The van der Waals surface area contributed by atoms with Gasteiger partial charge in [-0.05, 0) is 61.4 Å². The predicted molar refractivity (Wildman–Crippen MR) is 171 cm³/mol. The molecule has 7 nitrogen and oxygen atoms in total. The Kier molecular flexibility index (Phi) is 29.6. The second kappa shape index (κ2) is 29.0. The maximum Gasteiger partial charge on any atom is 1.00 e. The smallest absolute Gasteiger partial charge is 0.565 e. The van der Waals surface area contributed by atoms with Crippen LogP contribution in [0.1, 0.15) is 71.4 Å². The molecule has 228 valence electrons. The summed E-state index contributed by atoms with van der Waals surface area (Å²) in [5.41, 5.74) is 2.64. The molecule has 0 aliphatic carbocycles. The minimum absolute atomic E-state index is 0. The van der Waals surface area contributed by atoms with Crippen molar-refractivity contribution in [3.8, 4) is 11.5 Å². The van der Waals surface area contributed by atoms with E-state index in [1.54, 1.807) is 24.3 Å². The Labute approximate surface area is 359 Å². The fourth-order valence-corrected chi connectivity index (χ4v) is 3.86. The molecule has 0 radical (unpaired) electrons. The molecule has 4 rings (SSSR count). The van der Waals surface area contributed by atoms with Gasteiger partial charge >= 0.3 is 103 Å². The van der Waals surface area contributed by atoms with E-state index in [1.165, 1.54) is 25.0 Å². The number of phenolic OH excluding ortho intramolecular Hbond substituents is 1. The maximum absolute atomic E-state index is 12.2. The van der Waals surface area contributed by atoms with Gasteiger partial charge in [0.2, 0.25) is 6.16 Å². The number of rotatable bonds is 10. The first-order chi connectivity index (χ1) is 20.7. The van der Waals surface area contributed by atoms with Crippen molar-refractivity contribution < 1.29 is 137 Å². The van der Waals surface area contributed by atoms with Crippen LogP contribution < -0.4 is 113 Å². The van der Waals surface area contributed by atoms with Crippen molar-refractivity contribution in [1.29, 1.82) is 0 Å². The number of carbonyl (C=O) groups is 3. The molecule has 0 heterocycles. The molecule has 0 atom stereocenters. The summed E-state index contributed by atoms with van der Waals surface area (Å²) >= 11 is 3.31. The van der Waals surface area contributed by atoms with E-state index in [9.17, 15) is 9.59 Å². The predicted octanol–water partition coefficient (Wildman–Crippen LogP) is 1.80. The molecule has 10 heteroatoms. The van der Waals surface area contributed by atoms with Gasteiger partial charge in [0.15, 0.2) is 11.6 Å². The number of benzene rings is 4. The minimum Gasteiger partial charge on any atom is -0.565 e. The van der Waals surface area contributed by atoms with E-state index in [4.69, 9.17) is 24.9 Å². The quantitative estimate of drug-likeness (QED) is 0.111. The summed E-state index contributed by atoms with van der Waals surface area (Å²) in [7, 11) is 0. The number of alkyl halides is 1. The summed E-state index contributed by atoms with van der Waals surface area (Å²) in [6.07, 6.45) is 2.68. The van der Waals surface area contributed by atoms with Gasteiger partial charge in [-0.3, -0.25) is 9.59 Å². The zero-order valence-electron chi connectivity index (χ0n) is 26.4. The summed E-state index contributed by atoms with van der Waals surface area (Å²) in [6, 6.07) is 32.0. The molecule has 0 spiro atoms. The number of carboxylic acid groups (broad SMARTS) is 2. The molecule has 4 aromatic rings. The Morgan fingerprint density at radius 3 is 1.33 bits per heavy atom. The van der Waals surface area contributed by atoms with Crippen LogP contribution in [0.4, 0.5) is 4.79 Å². The van der Waals surface area contributed by atoms with Gasteiger partial charge in [0.05, 0.1) is 6.61 Å². The van der Waals surface area contributed by atoms with Gasteiger partial charge in [-0.1, -0.05) is 103 Å². The average molecular weight is 729 g/mol. The molecule has 0 aliphatic rings. The Balaban J connectivity index is 0. The normalized spacial score (nSPS) is 9.04. The van der Waals surface area contributed by atoms with Gasteiger partial charge in [0.1, 0.15) is 11.5 Å². The molecule has 0 aliphatic heterocycles. The Morgan fingerprint density at radius 1 is 0.644 bits per heavy atom. The van der Waals surface area contributed by atoms with Gasteiger partial charge in [0, 0.05) is 27.6 Å². The molecule has 0 unspecified atom stereocenters. The van der Waals surface area contributed by atoms with Crippen molar-refractivity contribution in [2.75, 3.05) is 11.9 Å². The number of ketones is 2. The summed E-state index contributed by atoms with van der Waals surface area (Å²) < 4.78 is 5.58. The molecular formula is C35H38BrK2O7+. The van der Waals surface area contributed by atoms with Crippen molar-refractivity contribution in [1.82, 2.24) is 0 Å². The number of phenols is 1. The fraction of sp³-hybridized carbons (Fsp3) is 0.229. The van der Waals surface area contributed by atoms with Gasteiger partial charge in [-0.25, -0.2) is 0 Å². The molecule has 0 saturated carbocycles. The third kappa shape index (κ3) is 21.4.